The Hall–Kier alpha value is -0.873. The van der Waals surface area contributed by atoms with E-state index in [1.54, 1.807) is 0 Å². The Morgan fingerprint density at radius 3 is 2.56 bits per heavy atom. The van der Waals surface area contributed by atoms with Gasteiger partial charge in [0.05, 0.1) is 12.0 Å². The topological polar surface area (TPSA) is 27.1 Å². The Bertz CT molecular complexity index is 402. The summed E-state index contributed by atoms with van der Waals surface area (Å²) in [7, 11) is 0.393. The molecular weight excluding hydrogens is 240 g/mol. The molecule has 102 valence electrons. The smallest absolute Gasteiger partial charge is 0.191 e. The van der Waals surface area contributed by atoms with E-state index in [0.717, 1.165) is 18.7 Å². The summed E-state index contributed by atoms with van der Waals surface area (Å²) in [5.74, 6) is 0. The first kappa shape index (κ1) is 15.2. The highest BCUT2D eigenvalue weighted by Gasteiger charge is 2.36. The van der Waals surface area contributed by atoms with Crippen molar-refractivity contribution in [3.63, 3.8) is 0 Å². The molecule has 0 saturated heterocycles. The van der Waals surface area contributed by atoms with Crippen molar-refractivity contribution in [1.29, 1.82) is 0 Å². The molecule has 18 heavy (non-hydrogen) atoms. The quantitative estimate of drug-likeness (QED) is 0.598. The fourth-order valence-corrected chi connectivity index (χ4v) is 2.38. The van der Waals surface area contributed by atoms with Crippen LogP contribution in [0.15, 0.2) is 18.6 Å². The monoisotopic (exact) mass is 266 g/mol. The SMILES string of the molecule is Cn1cnc(/C=C/CCO[Si](C)(C)C(C)(C)C)c1. The third-order valence-electron chi connectivity index (χ3n) is 3.57. The second-order valence-electron chi connectivity index (χ2n) is 6.26. The lowest BCUT2D eigenvalue weighted by Gasteiger charge is -2.36. The van der Waals surface area contributed by atoms with Crippen LogP contribution >= 0.6 is 0 Å². The summed E-state index contributed by atoms with van der Waals surface area (Å²) in [6, 6.07) is 0. The maximum absolute atomic E-state index is 6.10. The standard InChI is InChI=1S/C14H26N2OSi/c1-14(2,3)18(5,6)17-10-8-7-9-13-11-16(4)12-15-13/h7,9,11-12H,8,10H2,1-6H3/b9-7+. The number of aromatic nitrogens is 2. The maximum atomic E-state index is 6.10. The van der Waals surface area contributed by atoms with Crippen LogP contribution in [0.4, 0.5) is 0 Å². The van der Waals surface area contributed by atoms with Crippen LogP contribution in [0.5, 0.6) is 0 Å². The lowest BCUT2D eigenvalue weighted by atomic mass is 10.2. The molecule has 0 saturated carbocycles. The van der Waals surface area contributed by atoms with Crippen LogP contribution in [0.1, 0.15) is 32.9 Å². The molecule has 1 heterocycles. The lowest BCUT2D eigenvalue weighted by Crippen LogP contribution is -2.40. The first-order chi connectivity index (χ1) is 8.22. The summed E-state index contributed by atoms with van der Waals surface area (Å²) < 4.78 is 8.05. The molecule has 0 atom stereocenters. The maximum Gasteiger partial charge on any atom is 0.191 e. The zero-order valence-corrected chi connectivity index (χ0v) is 13.5. The zero-order valence-electron chi connectivity index (χ0n) is 12.5. The third kappa shape index (κ3) is 4.42. The highest BCUT2D eigenvalue weighted by Crippen LogP contribution is 2.36. The Kier molecular flexibility index (Phi) is 4.93. The fourth-order valence-electron chi connectivity index (χ4n) is 1.32. The van der Waals surface area contributed by atoms with Crippen LogP contribution in [0.25, 0.3) is 6.08 Å². The van der Waals surface area contributed by atoms with Crippen molar-refractivity contribution in [3.8, 4) is 0 Å². The summed E-state index contributed by atoms with van der Waals surface area (Å²) in [6.07, 6.45) is 8.95. The molecule has 0 aliphatic rings. The zero-order chi connectivity index (χ0) is 13.8. The molecule has 1 rings (SSSR count). The number of rotatable bonds is 5. The van der Waals surface area contributed by atoms with E-state index in [9.17, 15) is 0 Å². The fraction of sp³-hybridized carbons (Fsp3) is 0.643. The van der Waals surface area contributed by atoms with Gasteiger partial charge < -0.3 is 8.99 Å². The second-order valence-corrected chi connectivity index (χ2v) is 11.1. The molecule has 0 spiro atoms. The van der Waals surface area contributed by atoms with Gasteiger partial charge in [-0.1, -0.05) is 26.8 Å². The molecule has 0 unspecified atom stereocenters. The minimum absolute atomic E-state index is 0.289. The molecule has 0 radical (unpaired) electrons. The molecule has 0 bridgehead atoms. The number of hydrogen-bond donors (Lipinski definition) is 0. The van der Waals surface area contributed by atoms with E-state index in [1.165, 1.54) is 0 Å². The molecule has 3 nitrogen and oxygen atoms in total. The molecule has 0 fully saturated rings. The molecule has 0 aliphatic heterocycles. The number of nitrogens with zero attached hydrogens (tertiary/aromatic N) is 2. The summed E-state index contributed by atoms with van der Waals surface area (Å²) in [4.78, 5) is 4.25. The van der Waals surface area contributed by atoms with Gasteiger partial charge in [0.25, 0.3) is 0 Å². The summed E-state index contributed by atoms with van der Waals surface area (Å²) in [5, 5.41) is 0.289. The van der Waals surface area contributed by atoms with Crippen LogP contribution in [0.3, 0.4) is 0 Å². The van der Waals surface area contributed by atoms with E-state index in [2.05, 4.69) is 51.0 Å². The van der Waals surface area contributed by atoms with Crippen LogP contribution in [-0.2, 0) is 11.5 Å². The van der Waals surface area contributed by atoms with Gasteiger partial charge in [-0.05, 0) is 30.6 Å². The highest BCUT2D eigenvalue weighted by molar-refractivity contribution is 6.74. The largest absolute Gasteiger partial charge is 0.417 e. The van der Waals surface area contributed by atoms with E-state index < -0.39 is 8.32 Å². The predicted molar refractivity (Wildman–Crippen MR) is 80.0 cm³/mol. The van der Waals surface area contributed by atoms with E-state index in [4.69, 9.17) is 4.43 Å². The number of hydrogen-bond acceptors (Lipinski definition) is 2. The highest BCUT2D eigenvalue weighted by atomic mass is 28.4. The summed E-state index contributed by atoms with van der Waals surface area (Å²) >= 11 is 0. The molecule has 4 heteroatoms. The molecule has 1 aromatic heterocycles. The first-order valence-corrected chi connectivity index (χ1v) is 9.42. The van der Waals surface area contributed by atoms with Gasteiger partial charge in [-0.3, -0.25) is 0 Å². The van der Waals surface area contributed by atoms with Gasteiger partial charge in [-0.2, -0.15) is 0 Å². The van der Waals surface area contributed by atoms with Gasteiger partial charge in [0.1, 0.15) is 0 Å². The first-order valence-electron chi connectivity index (χ1n) is 6.51. The van der Waals surface area contributed by atoms with E-state index in [0.29, 0.717) is 0 Å². The molecule has 0 aliphatic carbocycles. The second kappa shape index (κ2) is 5.84. The summed E-state index contributed by atoms with van der Waals surface area (Å²) in [6.45, 7) is 12.2. The van der Waals surface area contributed by atoms with E-state index in [-0.39, 0.29) is 5.04 Å². The van der Waals surface area contributed by atoms with Gasteiger partial charge in [0.15, 0.2) is 8.32 Å². The number of aryl methyl sites for hydroxylation is 1. The Morgan fingerprint density at radius 1 is 1.39 bits per heavy atom. The van der Waals surface area contributed by atoms with Crippen molar-refractivity contribution >= 4 is 14.4 Å². The minimum Gasteiger partial charge on any atom is -0.417 e. The summed E-state index contributed by atoms with van der Waals surface area (Å²) in [5.41, 5.74) is 1.00. The Balaban J connectivity index is 2.33. The lowest BCUT2D eigenvalue weighted by molar-refractivity contribution is 0.294. The van der Waals surface area contributed by atoms with Crippen LogP contribution in [0.2, 0.25) is 18.1 Å². The predicted octanol–water partition coefficient (Wildman–Crippen LogP) is 3.85. The van der Waals surface area contributed by atoms with Gasteiger partial charge in [-0.15, -0.1) is 0 Å². The van der Waals surface area contributed by atoms with Crippen LogP contribution in [0, 0.1) is 0 Å². The average molecular weight is 266 g/mol. The van der Waals surface area contributed by atoms with Crippen molar-refractivity contribution in [2.24, 2.45) is 7.05 Å². The van der Waals surface area contributed by atoms with Gasteiger partial charge >= 0.3 is 0 Å². The Labute approximate surface area is 112 Å². The van der Waals surface area contributed by atoms with Crippen molar-refractivity contribution < 1.29 is 4.43 Å². The van der Waals surface area contributed by atoms with Crippen LogP contribution < -0.4 is 0 Å². The molecule has 0 N–H and O–H groups in total. The van der Waals surface area contributed by atoms with Crippen molar-refractivity contribution in [2.75, 3.05) is 6.61 Å². The number of imidazole rings is 1. The van der Waals surface area contributed by atoms with Crippen molar-refractivity contribution in [1.82, 2.24) is 9.55 Å². The molecule has 1 aromatic rings. The molecular formula is C14H26N2OSi. The van der Waals surface area contributed by atoms with Gasteiger partial charge in [0.2, 0.25) is 0 Å². The molecule has 0 amide bonds. The molecule has 0 aromatic carbocycles. The van der Waals surface area contributed by atoms with Crippen molar-refractivity contribution in [3.05, 3.63) is 24.3 Å². The minimum atomic E-state index is -1.58. The Morgan fingerprint density at radius 2 is 2.06 bits per heavy atom. The normalized spacial score (nSPS) is 13.4. The third-order valence-corrected chi connectivity index (χ3v) is 8.11. The van der Waals surface area contributed by atoms with Crippen LogP contribution in [-0.4, -0.2) is 24.5 Å². The van der Waals surface area contributed by atoms with Gasteiger partial charge in [0, 0.05) is 19.9 Å². The van der Waals surface area contributed by atoms with E-state index >= 15 is 0 Å². The van der Waals surface area contributed by atoms with Crippen molar-refractivity contribution in [2.45, 2.75) is 45.3 Å². The average Bonchev–Trinajstić information content (AvgIpc) is 2.62. The van der Waals surface area contributed by atoms with E-state index in [1.807, 2.05) is 24.1 Å². The van der Waals surface area contributed by atoms with Gasteiger partial charge in [-0.25, -0.2) is 4.98 Å².